The molecule has 2 heterocycles. The highest BCUT2D eigenvalue weighted by molar-refractivity contribution is 8.10. The SMILES string of the molecule is O=C1C=C(c2ccccc2)SC1(O)c1cccs1. The van der Waals surface area contributed by atoms with Crippen molar-refractivity contribution < 1.29 is 9.90 Å². The summed E-state index contributed by atoms with van der Waals surface area (Å²) in [5.74, 6) is -0.256. The second-order valence-corrected chi connectivity index (χ2v) is 6.14. The summed E-state index contributed by atoms with van der Waals surface area (Å²) in [4.78, 5) is 12.1. The van der Waals surface area contributed by atoms with Gasteiger partial charge in [-0.1, -0.05) is 48.2 Å². The number of carbonyl (C=O) groups is 1. The molecule has 3 rings (SSSR count). The Morgan fingerprint density at radius 1 is 1.06 bits per heavy atom. The summed E-state index contributed by atoms with van der Waals surface area (Å²) in [6, 6.07) is 13.3. The Kier molecular flexibility index (Phi) is 2.86. The summed E-state index contributed by atoms with van der Waals surface area (Å²) < 4.78 is 0. The molecule has 0 fully saturated rings. The van der Waals surface area contributed by atoms with Gasteiger partial charge in [-0.3, -0.25) is 4.79 Å². The zero-order valence-electron chi connectivity index (χ0n) is 9.37. The molecule has 0 radical (unpaired) electrons. The van der Waals surface area contributed by atoms with Crippen LogP contribution in [0.2, 0.25) is 0 Å². The molecular formula is C14H10O2S2. The van der Waals surface area contributed by atoms with Gasteiger partial charge in [-0.25, -0.2) is 0 Å². The minimum Gasteiger partial charge on any atom is -0.368 e. The topological polar surface area (TPSA) is 37.3 Å². The van der Waals surface area contributed by atoms with E-state index in [-0.39, 0.29) is 5.78 Å². The lowest BCUT2D eigenvalue weighted by molar-refractivity contribution is -0.124. The molecule has 1 atom stereocenters. The third-order valence-corrected chi connectivity index (χ3v) is 5.17. The Hall–Kier alpha value is -1.36. The minimum atomic E-state index is -1.45. The van der Waals surface area contributed by atoms with E-state index in [1.165, 1.54) is 29.2 Å². The Morgan fingerprint density at radius 3 is 2.50 bits per heavy atom. The summed E-state index contributed by atoms with van der Waals surface area (Å²) in [7, 11) is 0. The van der Waals surface area contributed by atoms with Gasteiger partial charge < -0.3 is 5.11 Å². The van der Waals surface area contributed by atoms with Crippen LogP contribution in [0.25, 0.3) is 4.91 Å². The van der Waals surface area contributed by atoms with Gasteiger partial charge in [0.1, 0.15) is 0 Å². The van der Waals surface area contributed by atoms with Crippen molar-refractivity contribution in [2.75, 3.05) is 0 Å². The lowest BCUT2D eigenvalue weighted by Crippen LogP contribution is -2.26. The molecule has 0 aliphatic carbocycles. The zero-order chi connectivity index (χ0) is 12.6. The van der Waals surface area contributed by atoms with Gasteiger partial charge >= 0.3 is 0 Å². The predicted molar refractivity (Wildman–Crippen MR) is 75.2 cm³/mol. The summed E-state index contributed by atoms with van der Waals surface area (Å²) in [6.45, 7) is 0. The van der Waals surface area contributed by atoms with E-state index in [0.717, 1.165) is 10.5 Å². The summed E-state index contributed by atoms with van der Waals surface area (Å²) in [5.41, 5.74) is 0.961. The lowest BCUT2D eigenvalue weighted by Gasteiger charge is -2.18. The van der Waals surface area contributed by atoms with Gasteiger partial charge in [0.2, 0.25) is 10.7 Å². The van der Waals surface area contributed by atoms with Gasteiger partial charge in [-0.2, -0.15) is 0 Å². The number of thioether (sulfide) groups is 1. The highest BCUT2D eigenvalue weighted by atomic mass is 32.2. The van der Waals surface area contributed by atoms with Crippen LogP contribution in [0.15, 0.2) is 53.9 Å². The van der Waals surface area contributed by atoms with Crippen LogP contribution in [0.1, 0.15) is 10.4 Å². The van der Waals surface area contributed by atoms with Crippen LogP contribution in [0.3, 0.4) is 0 Å². The Bertz CT molecular complexity index is 602. The average molecular weight is 274 g/mol. The van der Waals surface area contributed by atoms with Crippen molar-refractivity contribution in [3.63, 3.8) is 0 Å². The van der Waals surface area contributed by atoms with Crippen LogP contribution >= 0.6 is 23.1 Å². The van der Waals surface area contributed by atoms with E-state index in [0.29, 0.717) is 4.88 Å². The molecule has 0 saturated heterocycles. The van der Waals surface area contributed by atoms with Crippen LogP contribution in [0.5, 0.6) is 0 Å². The fourth-order valence-electron chi connectivity index (χ4n) is 1.84. The average Bonchev–Trinajstić information content (AvgIpc) is 3.01. The molecule has 0 bridgehead atoms. The molecule has 1 aliphatic rings. The van der Waals surface area contributed by atoms with E-state index in [1.807, 2.05) is 41.8 Å². The molecule has 4 heteroatoms. The molecule has 1 aliphatic heterocycles. The maximum atomic E-state index is 12.0. The van der Waals surface area contributed by atoms with Gasteiger partial charge in [-0.05, 0) is 23.1 Å². The quantitative estimate of drug-likeness (QED) is 0.913. The summed E-state index contributed by atoms with van der Waals surface area (Å²) in [5, 5.41) is 12.4. The largest absolute Gasteiger partial charge is 0.368 e. The lowest BCUT2D eigenvalue weighted by atomic mass is 10.1. The van der Waals surface area contributed by atoms with E-state index >= 15 is 0 Å². The number of ketones is 1. The van der Waals surface area contributed by atoms with Crippen molar-refractivity contribution in [1.29, 1.82) is 0 Å². The Morgan fingerprint density at radius 2 is 1.83 bits per heavy atom. The molecule has 2 aromatic rings. The Balaban J connectivity index is 1.96. The molecule has 1 unspecified atom stereocenters. The first-order chi connectivity index (χ1) is 8.70. The van der Waals surface area contributed by atoms with Crippen molar-refractivity contribution >= 4 is 33.8 Å². The maximum Gasteiger partial charge on any atom is 0.213 e. The molecular weight excluding hydrogens is 264 g/mol. The van der Waals surface area contributed by atoms with Crippen molar-refractivity contribution in [2.45, 2.75) is 4.93 Å². The van der Waals surface area contributed by atoms with Crippen LogP contribution in [-0.4, -0.2) is 10.9 Å². The minimum absolute atomic E-state index is 0.256. The molecule has 0 saturated carbocycles. The van der Waals surface area contributed by atoms with E-state index < -0.39 is 4.93 Å². The van der Waals surface area contributed by atoms with Gasteiger partial charge in [0.25, 0.3) is 0 Å². The maximum absolute atomic E-state index is 12.0. The molecule has 1 aromatic heterocycles. The van der Waals surface area contributed by atoms with Crippen LogP contribution in [0, 0.1) is 0 Å². The number of carbonyl (C=O) groups excluding carboxylic acids is 1. The molecule has 18 heavy (non-hydrogen) atoms. The molecule has 0 spiro atoms. The van der Waals surface area contributed by atoms with Crippen molar-refractivity contribution in [3.8, 4) is 0 Å². The monoisotopic (exact) mass is 274 g/mol. The molecule has 1 aromatic carbocycles. The van der Waals surface area contributed by atoms with Gasteiger partial charge in [0, 0.05) is 4.91 Å². The summed E-state index contributed by atoms with van der Waals surface area (Å²) >= 11 is 2.60. The van der Waals surface area contributed by atoms with E-state index in [9.17, 15) is 9.90 Å². The highest BCUT2D eigenvalue weighted by Gasteiger charge is 2.44. The first-order valence-corrected chi connectivity index (χ1v) is 7.17. The number of benzene rings is 1. The first kappa shape index (κ1) is 11.7. The second kappa shape index (κ2) is 4.39. The van der Waals surface area contributed by atoms with E-state index in [1.54, 1.807) is 6.07 Å². The smallest absolute Gasteiger partial charge is 0.213 e. The fourth-order valence-corrected chi connectivity index (χ4v) is 3.90. The second-order valence-electron chi connectivity index (χ2n) is 3.96. The van der Waals surface area contributed by atoms with Gasteiger partial charge in [0.15, 0.2) is 0 Å². The normalized spacial score (nSPS) is 23.2. The van der Waals surface area contributed by atoms with E-state index in [2.05, 4.69) is 0 Å². The molecule has 0 amide bonds. The summed E-state index contributed by atoms with van der Waals surface area (Å²) in [6.07, 6.45) is 1.53. The number of thiophene rings is 1. The van der Waals surface area contributed by atoms with Gasteiger partial charge in [-0.15, -0.1) is 11.3 Å². The van der Waals surface area contributed by atoms with Gasteiger partial charge in [0.05, 0.1) is 4.88 Å². The third kappa shape index (κ3) is 1.82. The van der Waals surface area contributed by atoms with Crippen LogP contribution in [-0.2, 0) is 9.73 Å². The Labute approximate surface area is 113 Å². The third-order valence-electron chi connectivity index (χ3n) is 2.77. The number of rotatable bonds is 2. The number of aliphatic hydroxyl groups is 1. The van der Waals surface area contributed by atoms with Crippen molar-refractivity contribution in [3.05, 3.63) is 64.4 Å². The predicted octanol–water partition coefficient (Wildman–Crippen LogP) is 3.25. The zero-order valence-corrected chi connectivity index (χ0v) is 11.0. The van der Waals surface area contributed by atoms with Crippen molar-refractivity contribution in [2.24, 2.45) is 0 Å². The molecule has 1 N–H and O–H groups in total. The van der Waals surface area contributed by atoms with Crippen LogP contribution < -0.4 is 0 Å². The van der Waals surface area contributed by atoms with Crippen molar-refractivity contribution in [1.82, 2.24) is 0 Å². The highest BCUT2D eigenvalue weighted by Crippen LogP contribution is 2.50. The molecule has 2 nitrogen and oxygen atoms in total. The molecule has 90 valence electrons. The first-order valence-electron chi connectivity index (χ1n) is 5.47. The van der Waals surface area contributed by atoms with E-state index in [4.69, 9.17) is 0 Å². The van der Waals surface area contributed by atoms with Crippen LogP contribution in [0.4, 0.5) is 0 Å². The standard InChI is InChI=1S/C14H10O2S2/c15-12-9-11(10-5-2-1-3-6-10)18-14(12,16)13-7-4-8-17-13/h1-9,16H. The fraction of sp³-hybridized carbons (Fsp3) is 0.0714. The number of hydrogen-bond donors (Lipinski definition) is 1. The number of hydrogen-bond acceptors (Lipinski definition) is 4.